The van der Waals surface area contributed by atoms with E-state index in [1.54, 1.807) is 13.8 Å². The van der Waals surface area contributed by atoms with Gasteiger partial charge < -0.3 is 0 Å². The summed E-state index contributed by atoms with van der Waals surface area (Å²) in [5.41, 5.74) is 0. The Hall–Kier alpha value is -0.180. The molecular weight excluding hydrogens is 376 g/mol. The quantitative estimate of drug-likeness (QED) is 0.616. The Morgan fingerprint density at radius 1 is 0.769 bits per heavy atom. The van der Waals surface area contributed by atoms with E-state index in [9.17, 15) is 25.9 Å². The van der Waals surface area contributed by atoms with Crippen LogP contribution in [-0.2, 0) is 20.2 Å². The Morgan fingerprint density at radius 3 is 1.38 bits per heavy atom. The van der Waals surface area contributed by atoms with Gasteiger partial charge in [-0.15, -0.1) is 0 Å². The van der Waals surface area contributed by atoms with Crippen LogP contribution >= 0.6 is 0 Å². The molecule has 0 aromatic carbocycles. The molecule has 154 valence electrons. The van der Waals surface area contributed by atoms with Crippen molar-refractivity contribution in [2.45, 2.75) is 82.8 Å². The van der Waals surface area contributed by atoms with Crippen LogP contribution in [0.2, 0.25) is 0 Å². The molecule has 2 saturated carbocycles. The van der Waals surface area contributed by atoms with Crippen LogP contribution in [0.1, 0.15) is 78.1 Å². The van der Waals surface area contributed by atoms with Crippen molar-refractivity contribution >= 4 is 20.2 Å². The molecule has 0 heterocycles. The largest absolute Gasteiger partial charge is 0.285 e. The Bertz CT molecular complexity index is 634. The van der Waals surface area contributed by atoms with E-state index < -0.39 is 42.6 Å². The van der Waals surface area contributed by atoms with Gasteiger partial charge in [0.25, 0.3) is 20.2 Å². The molecule has 0 saturated heterocycles. The van der Waals surface area contributed by atoms with Gasteiger partial charge in [0.15, 0.2) is 0 Å². The number of rotatable bonds is 7. The van der Waals surface area contributed by atoms with Gasteiger partial charge in [-0.05, 0) is 23.7 Å². The summed E-state index contributed by atoms with van der Waals surface area (Å²) in [6, 6.07) is 0. The van der Waals surface area contributed by atoms with E-state index in [0.29, 0.717) is 0 Å². The van der Waals surface area contributed by atoms with Crippen molar-refractivity contribution in [3.63, 3.8) is 0 Å². The van der Waals surface area contributed by atoms with Crippen molar-refractivity contribution in [2.75, 3.05) is 5.75 Å². The SMILES string of the molecule is CC(C1CCCCC1)C(CS(=O)(=O)O)(C(C)C1CCCCC1)S(=O)(=O)O. The summed E-state index contributed by atoms with van der Waals surface area (Å²) < 4.78 is 67.1. The second kappa shape index (κ2) is 8.45. The van der Waals surface area contributed by atoms with Crippen LogP contribution < -0.4 is 0 Å². The monoisotopic (exact) mass is 410 g/mol. The van der Waals surface area contributed by atoms with Crippen molar-refractivity contribution in [2.24, 2.45) is 23.7 Å². The molecule has 2 fully saturated rings. The second-order valence-electron chi connectivity index (χ2n) is 8.53. The minimum Gasteiger partial charge on any atom is -0.285 e. The molecule has 0 aromatic heterocycles. The average Bonchev–Trinajstić information content (AvgIpc) is 2.58. The first-order chi connectivity index (χ1) is 12.0. The predicted molar refractivity (Wildman–Crippen MR) is 102 cm³/mol. The van der Waals surface area contributed by atoms with Crippen LogP contribution in [0.15, 0.2) is 0 Å². The maximum absolute atomic E-state index is 12.7. The van der Waals surface area contributed by atoms with Crippen LogP contribution in [0.3, 0.4) is 0 Å². The molecule has 8 heteroatoms. The third-order valence-electron chi connectivity index (χ3n) is 7.14. The molecule has 6 nitrogen and oxygen atoms in total. The van der Waals surface area contributed by atoms with Crippen molar-refractivity contribution in [3.05, 3.63) is 0 Å². The molecular formula is C18H34O6S2. The molecule has 26 heavy (non-hydrogen) atoms. The summed E-state index contributed by atoms with van der Waals surface area (Å²) in [4.78, 5) is 0. The molecule has 0 aliphatic heterocycles. The van der Waals surface area contributed by atoms with Gasteiger partial charge >= 0.3 is 0 Å². The summed E-state index contributed by atoms with van der Waals surface area (Å²) in [5, 5.41) is 0. The first kappa shape index (κ1) is 22.1. The zero-order valence-electron chi connectivity index (χ0n) is 15.9. The lowest BCUT2D eigenvalue weighted by molar-refractivity contribution is 0.125. The fourth-order valence-corrected chi connectivity index (χ4v) is 9.04. The molecule has 2 N–H and O–H groups in total. The third kappa shape index (κ3) is 4.80. The van der Waals surface area contributed by atoms with Crippen molar-refractivity contribution in [3.8, 4) is 0 Å². The molecule has 0 aromatic rings. The van der Waals surface area contributed by atoms with E-state index in [-0.39, 0.29) is 11.8 Å². The van der Waals surface area contributed by atoms with Crippen molar-refractivity contribution < 1.29 is 25.9 Å². The van der Waals surface area contributed by atoms with E-state index in [4.69, 9.17) is 0 Å². The molecule has 0 spiro atoms. The molecule has 2 aliphatic rings. The Kier molecular flexibility index (Phi) is 7.19. The Labute approximate surface area is 158 Å². The minimum absolute atomic E-state index is 0.0402. The fourth-order valence-electron chi connectivity index (χ4n) is 5.57. The van der Waals surface area contributed by atoms with E-state index in [1.165, 1.54) is 0 Å². The zero-order chi connectivity index (χ0) is 19.6. The van der Waals surface area contributed by atoms with Crippen LogP contribution in [0.4, 0.5) is 0 Å². The maximum atomic E-state index is 12.7. The lowest BCUT2D eigenvalue weighted by Crippen LogP contribution is -2.58. The van der Waals surface area contributed by atoms with Gasteiger partial charge in [0.1, 0.15) is 4.75 Å². The first-order valence-corrected chi connectivity index (χ1v) is 13.0. The van der Waals surface area contributed by atoms with Gasteiger partial charge in [0.2, 0.25) is 0 Å². The van der Waals surface area contributed by atoms with Gasteiger partial charge in [-0.2, -0.15) is 16.8 Å². The van der Waals surface area contributed by atoms with Crippen LogP contribution in [0.5, 0.6) is 0 Å². The second-order valence-corrected chi connectivity index (χ2v) is 11.7. The molecule has 2 atom stereocenters. The normalized spacial score (nSPS) is 26.2. The topological polar surface area (TPSA) is 109 Å². The highest BCUT2D eigenvalue weighted by molar-refractivity contribution is 7.90. The van der Waals surface area contributed by atoms with Gasteiger partial charge in [0, 0.05) is 0 Å². The highest BCUT2D eigenvalue weighted by Gasteiger charge is 2.57. The smallest absolute Gasteiger partial charge is 0.272 e. The summed E-state index contributed by atoms with van der Waals surface area (Å²) >= 11 is 0. The van der Waals surface area contributed by atoms with Gasteiger partial charge in [-0.3, -0.25) is 9.11 Å². The fraction of sp³-hybridized carbons (Fsp3) is 1.00. The molecule has 2 rings (SSSR count). The van der Waals surface area contributed by atoms with Crippen LogP contribution in [0.25, 0.3) is 0 Å². The number of hydrogen-bond acceptors (Lipinski definition) is 4. The molecule has 2 aliphatic carbocycles. The van der Waals surface area contributed by atoms with E-state index in [1.807, 2.05) is 0 Å². The lowest BCUT2D eigenvalue weighted by atomic mass is 9.66. The maximum Gasteiger partial charge on any atom is 0.272 e. The first-order valence-electron chi connectivity index (χ1n) is 9.91. The average molecular weight is 411 g/mol. The summed E-state index contributed by atoms with van der Waals surface area (Å²) in [7, 11) is -9.27. The Balaban J connectivity index is 2.51. The standard InChI is InChI=1S/C18H34O6S2/c1-14(16-9-5-3-6-10-16)18(26(22,23)24,13-25(19,20)21)15(2)17-11-7-4-8-12-17/h14-17H,3-13H2,1-2H3,(H,19,20,21)(H,22,23,24). The van der Waals surface area contributed by atoms with Gasteiger partial charge in [0.05, 0.1) is 5.75 Å². The Morgan fingerprint density at radius 2 is 1.12 bits per heavy atom. The summed E-state index contributed by atoms with van der Waals surface area (Å²) in [6.45, 7) is 3.52. The zero-order valence-corrected chi connectivity index (χ0v) is 17.6. The third-order valence-corrected chi connectivity index (χ3v) is 10.0. The molecule has 0 bridgehead atoms. The van der Waals surface area contributed by atoms with Gasteiger partial charge in [-0.25, -0.2) is 0 Å². The predicted octanol–water partition coefficient (Wildman–Crippen LogP) is 3.93. The lowest BCUT2D eigenvalue weighted by Gasteiger charge is -2.47. The number of hydrogen-bond donors (Lipinski definition) is 2. The molecule has 2 unspecified atom stereocenters. The van der Waals surface area contributed by atoms with E-state index >= 15 is 0 Å². The highest BCUT2D eigenvalue weighted by atomic mass is 32.2. The van der Waals surface area contributed by atoms with E-state index in [0.717, 1.165) is 64.2 Å². The van der Waals surface area contributed by atoms with Gasteiger partial charge in [-0.1, -0.05) is 78.1 Å². The molecule has 0 amide bonds. The van der Waals surface area contributed by atoms with Crippen LogP contribution in [0, 0.1) is 23.7 Å². The summed E-state index contributed by atoms with van der Waals surface area (Å²) in [5.74, 6) is -1.90. The van der Waals surface area contributed by atoms with E-state index in [2.05, 4.69) is 0 Å². The highest BCUT2D eigenvalue weighted by Crippen LogP contribution is 2.48. The molecule has 0 radical (unpaired) electrons. The summed E-state index contributed by atoms with van der Waals surface area (Å²) in [6.07, 6.45) is 9.48. The van der Waals surface area contributed by atoms with Crippen molar-refractivity contribution in [1.82, 2.24) is 0 Å². The minimum atomic E-state index is -4.70. The van der Waals surface area contributed by atoms with Crippen LogP contribution in [-0.4, -0.2) is 36.4 Å². The van der Waals surface area contributed by atoms with Crippen molar-refractivity contribution in [1.29, 1.82) is 0 Å².